The summed E-state index contributed by atoms with van der Waals surface area (Å²) >= 11 is 0. The normalized spacial score (nSPS) is 10.1. The molecular formula is C15H16O3. The standard InChI is InChI=1S/C15H16O3/c1-17-13-8-5-9-14(18-11-10-16)15(13)12-6-3-2-4-7-12/h2-9,16H,10-11H2,1H3. The third kappa shape index (κ3) is 2.63. The smallest absolute Gasteiger partial charge is 0.130 e. The van der Waals surface area contributed by atoms with E-state index in [2.05, 4.69) is 0 Å². The summed E-state index contributed by atoms with van der Waals surface area (Å²) in [5.74, 6) is 1.48. The van der Waals surface area contributed by atoms with Crippen LogP contribution in [0.2, 0.25) is 0 Å². The van der Waals surface area contributed by atoms with Gasteiger partial charge in [0.2, 0.25) is 0 Å². The predicted molar refractivity (Wildman–Crippen MR) is 71.0 cm³/mol. The maximum absolute atomic E-state index is 8.86. The van der Waals surface area contributed by atoms with Gasteiger partial charge < -0.3 is 14.6 Å². The Labute approximate surface area is 107 Å². The molecule has 94 valence electrons. The second-order valence-corrected chi connectivity index (χ2v) is 3.77. The van der Waals surface area contributed by atoms with Gasteiger partial charge in [0.15, 0.2) is 0 Å². The lowest BCUT2D eigenvalue weighted by atomic mass is 10.0. The number of aliphatic hydroxyl groups is 1. The minimum atomic E-state index is -0.00849. The van der Waals surface area contributed by atoms with Gasteiger partial charge in [-0.05, 0) is 17.7 Å². The van der Waals surface area contributed by atoms with Gasteiger partial charge in [0, 0.05) is 0 Å². The molecular weight excluding hydrogens is 228 g/mol. The molecule has 3 nitrogen and oxygen atoms in total. The third-order valence-electron chi connectivity index (χ3n) is 2.62. The van der Waals surface area contributed by atoms with Crippen molar-refractivity contribution in [3.8, 4) is 22.6 Å². The molecule has 0 aliphatic carbocycles. The summed E-state index contributed by atoms with van der Waals surface area (Å²) in [5.41, 5.74) is 1.94. The largest absolute Gasteiger partial charge is 0.496 e. The highest BCUT2D eigenvalue weighted by atomic mass is 16.5. The average Bonchev–Trinajstić information content (AvgIpc) is 2.45. The molecule has 0 saturated heterocycles. The summed E-state index contributed by atoms with van der Waals surface area (Å²) in [5, 5.41) is 8.86. The van der Waals surface area contributed by atoms with Crippen LogP contribution in [-0.2, 0) is 0 Å². The van der Waals surface area contributed by atoms with Crippen LogP contribution in [-0.4, -0.2) is 25.4 Å². The zero-order valence-corrected chi connectivity index (χ0v) is 10.3. The minimum absolute atomic E-state index is 0.00849. The topological polar surface area (TPSA) is 38.7 Å². The molecule has 0 fully saturated rings. The van der Waals surface area contributed by atoms with Crippen molar-refractivity contribution in [2.75, 3.05) is 20.3 Å². The van der Waals surface area contributed by atoms with Gasteiger partial charge in [0.25, 0.3) is 0 Å². The van der Waals surface area contributed by atoms with E-state index >= 15 is 0 Å². The lowest BCUT2D eigenvalue weighted by molar-refractivity contribution is 0.201. The van der Waals surface area contributed by atoms with Crippen molar-refractivity contribution in [1.82, 2.24) is 0 Å². The van der Waals surface area contributed by atoms with E-state index in [9.17, 15) is 0 Å². The van der Waals surface area contributed by atoms with Crippen LogP contribution < -0.4 is 9.47 Å². The van der Waals surface area contributed by atoms with Crippen molar-refractivity contribution >= 4 is 0 Å². The maximum Gasteiger partial charge on any atom is 0.130 e. The van der Waals surface area contributed by atoms with Crippen LogP contribution in [0.1, 0.15) is 0 Å². The molecule has 0 aromatic heterocycles. The van der Waals surface area contributed by atoms with E-state index in [1.165, 1.54) is 0 Å². The Bertz CT molecular complexity index is 494. The predicted octanol–water partition coefficient (Wildman–Crippen LogP) is 2.73. The van der Waals surface area contributed by atoms with Gasteiger partial charge in [0.1, 0.15) is 18.1 Å². The fourth-order valence-electron chi connectivity index (χ4n) is 1.85. The van der Waals surface area contributed by atoms with Gasteiger partial charge >= 0.3 is 0 Å². The molecule has 18 heavy (non-hydrogen) atoms. The molecule has 0 spiro atoms. The van der Waals surface area contributed by atoms with Crippen LogP contribution in [0.15, 0.2) is 48.5 Å². The summed E-state index contributed by atoms with van der Waals surface area (Å²) in [7, 11) is 1.64. The lowest BCUT2D eigenvalue weighted by Gasteiger charge is -2.14. The molecule has 2 rings (SSSR count). The van der Waals surface area contributed by atoms with Crippen molar-refractivity contribution < 1.29 is 14.6 Å². The van der Waals surface area contributed by atoms with Gasteiger partial charge in [-0.25, -0.2) is 0 Å². The molecule has 0 unspecified atom stereocenters. The number of ether oxygens (including phenoxy) is 2. The number of benzene rings is 2. The Morgan fingerprint density at radius 3 is 2.33 bits per heavy atom. The molecule has 2 aromatic rings. The quantitative estimate of drug-likeness (QED) is 0.879. The summed E-state index contributed by atoms with van der Waals surface area (Å²) in [4.78, 5) is 0. The van der Waals surface area contributed by atoms with Crippen molar-refractivity contribution in [3.05, 3.63) is 48.5 Å². The van der Waals surface area contributed by atoms with E-state index < -0.39 is 0 Å². The highest BCUT2D eigenvalue weighted by Crippen LogP contribution is 2.38. The first kappa shape index (κ1) is 12.5. The second kappa shape index (κ2) is 6.07. The van der Waals surface area contributed by atoms with Crippen molar-refractivity contribution in [2.45, 2.75) is 0 Å². The Hall–Kier alpha value is -2.00. The molecule has 0 amide bonds. The number of aliphatic hydroxyl groups excluding tert-OH is 1. The van der Waals surface area contributed by atoms with Crippen LogP contribution in [0.25, 0.3) is 11.1 Å². The fraction of sp³-hybridized carbons (Fsp3) is 0.200. The lowest BCUT2D eigenvalue weighted by Crippen LogP contribution is -2.03. The van der Waals surface area contributed by atoms with E-state index in [0.29, 0.717) is 0 Å². The van der Waals surface area contributed by atoms with E-state index in [1.807, 2.05) is 48.5 Å². The van der Waals surface area contributed by atoms with Crippen LogP contribution in [0.3, 0.4) is 0 Å². The summed E-state index contributed by atoms with van der Waals surface area (Å²) < 4.78 is 10.9. The number of rotatable bonds is 5. The van der Waals surface area contributed by atoms with Crippen molar-refractivity contribution in [1.29, 1.82) is 0 Å². The van der Waals surface area contributed by atoms with E-state index in [-0.39, 0.29) is 13.2 Å². The first-order valence-corrected chi connectivity index (χ1v) is 5.83. The SMILES string of the molecule is COc1cccc(OCCO)c1-c1ccccc1. The number of hydrogen-bond donors (Lipinski definition) is 1. The third-order valence-corrected chi connectivity index (χ3v) is 2.62. The molecule has 0 saturated carbocycles. The number of hydrogen-bond acceptors (Lipinski definition) is 3. The molecule has 1 N–H and O–H groups in total. The van der Waals surface area contributed by atoms with E-state index in [1.54, 1.807) is 7.11 Å². The molecule has 0 atom stereocenters. The maximum atomic E-state index is 8.86. The molecule has 0 aliphatic heterocycles. The first-order valence-electron chi connectivity index (χ1n) is 5.83. The molecule has 0 heterocycles. The van der Waals surface area contributed by atoms with Gasteiger partial charge in [-0.3, -0.25) is 0 Å². The van der Waals surface area contributed by atoms with Crippen molar-refractivity contribution in [3.63, 3.8) is 0 Å². The molecule has 0 radical (unpaired) electrons. The summed E-state index contributed by atoms with van der Waals surface area (Å²) in [6, 6.07) is 15.6. The van der Waals surface area contributed by atoms with Gasteiger partial charge in [-0.1, -0.05) is 36.4 Å². The minimum Gasteiger partial charge on any atom is -0.496 e. The molecule has 0 aliphatic rings. The van der Waals surface area contributed by atoms with Crippen LogP contribution >= 0.6 is 0 Å². The summed E-state index contributed by atoms with van der Waals surface area (Å²) in [6.07, 6.45) is 0. The highest BCUT2D eigenvalue weighted by Gasteiger charge is 2.12. The zero-order chi connectivity index (χ0) is 12.8. The Morgan fingerprint density at radius 1 is 0.944 bits per heavy atom. The van der Waals surface area contributed by atoms with Gasteiger partial charge in [0.05, 0.1) is 19.3 Å². The van der Waals surface area contributed by atoms with E-state index in [4.69, 9.17) is 14.6 Å². The Morgan fingerprint density at radius 2 is 1.67 bits per heavy atom. The van der Waals surface area contributed by atoms with Crippen molar-refractivity contribution in [2.24, 2.45) is 0 Å². The van der Waals surface area contributed by atoms with Crippen LogP contribution in [0.5, 0.6) is 11.5 Å². The van der Waals surface area contributed by atoms with Gasteiger partial charge in [-0.2, -0.15) is 0 Å². The monoisotopic (exact) mass is 244 g/mol. The first-order chi connectivity index (χ1) is 8.86. The highest BCUT2D eigenvalue weighted by molar-refractivity contribution is 5.76. The summed E-state index contributed by atoms with van der Waals surface area (Å²) in [6.45, 7) is 0.262. The average molecular weight is 244 g/mol. The molecule has 0 bridgehead atoms. The fourth-order valence-corrected chi connectivity index (χ4v) is 1.85. The number of methoxy groups -OCH3 is 1. The van der Waals surface area contributed by atoms with Crippen LogP contribution in [0, 0.1) is 0 Å². The van der Waals surface area contributed by atoms with Gasteiger partial charge in [-0.15, -0.1) is 0 Å². The zero-order valence-electron chi connectivity index (χ0n) is 10.3. The second-order valence-electron chi connectivity index (χ2n) is 3.77. The van der Waals surface area contributed by atoms with E-state index in [0.717, 1.165) is 22.6 Å². The molecule has 2 aromatic carbocycles. The molecule has 3 heteroatoms. The Balaban J connectivity index is 2.47. The van der Waals surface area contributed by atoms with Crippen LogP contribution in [0.4, 0.5) is 0 Å². The Kier molecular flexibility index (Phi) is 4.20.